The second kappa shape index (κ2) is 6.32. The molecule has 18 heavy (non-hydrogen) atoms. The average Bonchev–Trinajstić information content (AvgIpc) is 2.30. The first kappa shape index (κ1) is 15.2. The topological polar surface area (TPSA) is 89.3 Å². The summed E-state index contributed by atoms with van der Waals surface area (Å²) in [5.74, 6) is 0.0378. The number of halogens is 1. The number of nitrogens with zero attached hydrogens (tertiary/aromatic N) is 1. The Balaban J connectivity index is 2.77. The maximum Gasteiger partial charge on any atom is 0.293 e. The van der Waals surface area contributed by atoms with Crippen LogP contribution in [0.5, 0.6) is 0 Å². The van der Waals surface area contributed by atoms with E-state index in [1.807, 2.05) is 22.6 Å². The van der Waals surface area contributed by atoms with Crippen LogP contribution >= 0.6 is 22.6 Å². The molecule has 0 atom stereocenters. The molecule has 100 valence electrons. The summed E-state index contributed by atoms with van der Waals surface area (Å²) in [6.45, 7) is 1.74. The number of rotatable bonds is 6. The minimum absolute atomic E-state index is 0.0351. The first-order valence-corrected chi connectivity index (χ1v) is 8.14. The van der Waals surface area contributed by atoms with Crippen LogP contribution in [0, 0.1) is 13.7 Å². The molecule has 0 unspecified atom stereocenters. The van der Waals surface area contributed by atoms with Crippen LogP contribution in [-0.4, -0.2) is 31.4 Å². The van der Waals surface area contributed by atoms with Gasteiger partial charge in [0.15, 0.2) is 9.84 Å². The summed E-state index contributed by atoms with van der Waals surface area (Å²) in [5, 5.41) is 13.6. The standard InChI is InChI=1S/C10H13IN2O4S/c1-2-18(16,17)6-5-12-9-4-3-8(11)7-10(9)13(14)15/h3-4,7,12H,2,5-6H2,1H3. The van der Waals surface area contributed by atoms with Gasteiger partial charge >= 0.3 is 0 Å². The molecule has 1 aromatic rings. The molecule has 0 spiro atoms. The largest absolute Gasteiger partial charge is 0.378 e. The van der Waals surface area contributed by atoms with Gasteiger partial charge in [0.2, 0.25) is 0 Å². The van der Waals surface area contributed by atoms with Crippen LogP contribution in [0.15, 0.2) is 18.2 Å². The second-order valence-corrected chi connectivity index (χ2v) is 7.30. The predicted octanol–water partition coefficient (Wildman–Crippen LogP) is 2.05. The molecule has 0 aliphatic carbocycles. The lowest BCUT2D eigenvalue weighted by Crippen LogP contribution is -2.17. The highest BCUT2D eigenvalue weighted by atomic mass is 127. The van der Waals surface area contributed by atoms with Crippen LogP contribution < -0.4 is 5.32 Å². The van der Waals surface area contributed by atoms with Crippen molar-refractivity contribution in [3.8, 4) is 0 Å². The van der Waals surface area contributed by atoms with Crippen LogP contribution in [-0.2, 0) is 9.84 Å². The number of anilines is 1. The molecule has 1 rings (SSSR count). The SMILES string of the molecule is CCS(=O)(=O)CCNc1ccc(I)cc1[N+](=O)[O-]. The number of sulfone groups is 1. The number of hydrogen-bond acceptors (Lipinski definition) is 5. The molecular formula is C10H13IN2O4S. The fourth-order valence-electron chi connectivity index (χ4n) is 1.29. The van der Waals surface area contributed by atoms with Gasteiger partial charge in [-0.05, 0) is 34.7 Å². The van der Waals surface area contributed by atoms with Crippen molar-refractivity contribution < 1.29 is 13.3 Å². The summed E-state index contributed by atoms with van der Waals surface area (Å²) < 4.78 is 23.3. The van der Waals surface area contributed by atoms with Crippen molar-refractivity contribution in [1.29, 1.82) is 0 Å². The summed E-state index contributed by atoms with van der Waals surface area (Å²) in [7, 11) is -3.06. The van der Waals surface area contributed by atoms with Gasteiger partial charge in [-0.25, -0.2) is 8.42 Å². The molecule has 0 aliphatic rings. The molecular weight excluding hydrogens is 371 g/mol. The van der Waals surface area contributed by atoms with E-state index in [4.69, 9.17) is 0 Å². The van der Waals surface area contributed by atoms with Crippen molar-refractivity contribution in [2.75, 3.05) is 23.4 Å². The van der Waals surface area contributed by atoms with Gasteiger partial charge in [0, 0.05) is 21.9 Å². The number of nitrogens with one attached hydrogen (secondary N) is 1. The van der Waals surface area contributed by atoms with E-state index in [1.54, 1.807) is 19.1 Å². The van der Waals surface area contributed by atoms with Gasteiger partial charge in [-0.1, -0.05) is 6.92 Å². The third-order valence-corrected chi connectivity index (χ3v) is 4.70. The maximum atomic E-state index is 11.3. The van der Waals surface area contributed by atoms with E-state index in [0.717, 1.165) is 3.57 Å². The Kier molecular flexibility index (Phi) is 5.32. The minimum atomic E-state index is -3.06. The van der Waals surface area contributed by atoms with Crippen LogP contribution in [0.3, 0.4) is 0 Å². The highest BCUT2D eigenvalue weighted by molar-refractivity contribution is 14.1. The van der Waals surface area contributed by atoms with Crippen molar-refractivity contribution in [3.63, 3.8) is 0 Å². The monoisotopic (exact) mass is 384 g/mol. The molecule has 0 fully saturated rings. The zero-order valence-electron chi connectivity index (χ0n) is 9.72. The molecule has 1 aromatic carbocycles. The van der Waals surface area contributed by atoms with Crippen LogP contribution in [0.4, 0.5) is 11.4 Å². The van der Waals surface area contributed by atoms with Crippen molar-refractivity contribution in [3.05, 3.63) is 31.9 Å². The Morgan fingerprint density at radius 3 is 2.67 bits per heavy atom. The van der Waals surface area contributed by atoms with Gasteiger partial charge in [-0.2, -0.15) is 0 Å². The van der Waals surface area contributed by atoms with Gasteiger partial charge in [0.05, 0.1) is 10.7 Å². The summed E-state index contributed by atoms with van der Waals surface area (Å²) in [6.07, 6.45) is 0. The summed E-state index contributed by atoms with van der Waals surface area (Å²) in [5.41, 5.74) is 0.294. The molecule has 6 nitrogen and oxygen atoms in total. The summed E-state index contributed by atoms with van der Waals surface area (Å²) in [4.78, 5) is 10.3. The molecule has 0 aliphatic heterocycles. The van der Waals surface area contributed by atoms with E-state index in [2.05, 4.69) is 5.32 Å². The Bertz CT molecular complexity index is 545. The number of nitro benzene ring substituents is 1. The molecule has 0 radical (unpaired) electrons. The fourth-order valence-corrected chi connectivity index (χ4v) is 2.47. The summed E-state index contributed by atoms with van der Waals surface area (Å²) in [6, 6.07) is 4.75. The van der Waals surface area contributed by atoms with Gasteiger partial charge in [-0.3, -0.25) is 10.1 Å². The highest BCUT2D eigenvalue weighted by Gasteiger charge is 2.14. The molecule has 0 heterocycles. The third-order valence-electron chi connectivity index (χ3n) is 2.32. The van der Waals surface area contributed by atoms with E-state index in [1.165, 1.54) is 6.07 Å². The lowest BCUT2D eigenvalue weighted by atomic mass is 10.2. The molecule has 0 bridgehead atoms. The first-order valence-electron chi connectivity index (χ1n) is 5.24. The van der Waals surface area contributed by atoms with Crippen LogP contribution in [0.25, 0.3) is 0 Å². The zero-order valence-corrected chi connectivity index (χ0v) is 12.7. The fraction of sp³-hybridized carbons (Fsp3) is 0.400. The molecule has 0 saturated heterocycles. The number of hydrogen-bond donors (Lipinski definition) is 1. The molecule has 0 aromatic heterocycles. The molecule has 1 N–H and O–H groups in total. The summed E-state index contributed by atoms with van der Waals surface area (Å²) >= 11 is 1.98. The Morgan fingerprint density at radius 1 is 1.44 bits per heavy atom. The molecule has 0 amide bonds. The Morgan fingerprint density at radius 2 is 2.11 bits per heavy atom. The lowest BCUT2D eigenvalue weighted by molar-refractivity contribution is -0.384. The Hall–Kier alpha value is -0.900. The zero-order chi connectivity index (χ0) is 13.8. The average molecular weight is 384 g/mol. The van der Waals surface area contributed by atoms with Gasteiger partial charge in [0.1, 0.15) is 5.69 Å². The molecule has 0 saturated carbocycles. The van der Waals surface area contributed by atoms with Crippen LogP contribution in [0.2, 0.25) is 0 Å². The minimum Gasteiger partial charge on any atom is -0.378 e. The second-order valence-electron chi connectivity index (χ2n) is 3.58. The van der Waals surface area contributed by atoms with Crippen molar-refractivity contribution >= 4 is 43.8 Å². The van der Waals surface area contributed by atoms with Gasteiger partial charge in [0.25, 0.3) is 5.69 Å². The van der Waals surface area contributed by atoms with Gasteiger partial charge in [-0.15, -0.1) is 0 Å². The van der Waals surface area contributed by atoms with E-state index in [-0.39, 0.29) is 23.7 Å². The number of benzene rings is 1. The van der Waals surface area contributed by atoms with Crippen molar-refractivity contribution in [2.45, 2.75) is 6.92 Å². The Labute approximate surface area is 119 Å². The van der Waals surface area contributed by atoms with Gasteiger partial charge < -0.3 is 5.32 Å². The maximum absolute atomic E-state index is 11.3. The van der Waals surface area contributed by atoms with Crippen molar-refractivity contribution in [1.82, 2.24) is 0 Å². The smallest absolute Gasteiger partial charge is 0.293 e. The third kappa shape index (κ3) is 4.41. The molecule has 8 heteroatoms. The van der Waals surface area contributed by atoms with E-state index < -0.39 is 14.8 Å². The predicted molar refractivity (Wildman–Crippen MR) is 78.6 cm³/mol. The van der Waals surface area contributed by atoms with E-state index in [9.17, 15) is 18.5 Å². The van der Waals surface area contributed by atoms with E-state index >= 15 is 0 Å². The first-order chi connectivity index (χ1) is 8.35. The quantitative estimate of drug-likeness (QED) is 0.461. The normalized spacial score (nSPS) is 11.2. The van der Waals surface area contributed by atoms with Crippen molar-refractivity contribution in [2.24, 2.45) is 0 Å². The van der Waals surface area contributed by atoms with E-state index in [0.29, 0.717) is 5.69 Å². The highest BCUT2D eigenvalue weighted by Crippen LogP contribution is 2.25. The van der Waals surface area contributed by atoms with Crippen LogP contribution in [0.1, 0.15) is 6.92 Å². The number of nitro groups is 1. The lowest BCUT2D eigenvalue weighted by Gasteiger charge is -2.07.